The maximum absolute atomic E-state index is 8.56. The van der Waals surface area contributed by atoms with Crippen molar-refractivity contribution < 1.29 is 15.0 Å². The van der Waals surface area contributed by atoms with Gasteiger partial charge in [0.15, 0.2) is 0 Å². The van der Waals surface area contributed by atoms with E-state index in [1.165, 1.54) is 0 Å². The van der Waals surface area contributed by atoms with Gasteiger partial charge in [-0.2, -0.15) is 0 Å². The second-order valence-corrected chi connectivity index (χ2v) is 0.283. The van der Waals surface area contributed by atoms with Gasteiger partial charge in [0.25, 0.3) is 0 Å². The van der Waals surface area contributed by atoms with Crippen LogP contribution in [0.3, 0.4) is 0 Å². The number of nitrogens with zero attached hydrogens (tertiary/aromatic N) is 2. The van der Waals surface area contributed by atoms with Gasteiger partial charge in [-0.1, -0.05) is 0 Å². The molecule has 7 heteroatoms. The first-order chi connectivity index (χ1) is 2.73. The molecule has 0 saturated carbocycles. The Bertz CT molecular complexity index is 61.5. The summed E-state index contributed by atoms with van der Waals surface area (Å²) in [6.45, 7) is 0. The monoisotopic (exact) mass is 150 g/mol. The fraction of sp³-hybridized carbons (Fsp3) is 0. The van der Waals surface area contributed by atoms with Crippen LogP contribution in [0.15, 0.2) is 0 Å². The number of carbonyl (C=O) groups is 1. The van der Waals surface area contributed by atoms with Gasteiger partial charge in [0.1, 0.15) is 0 Å². The molecule has 0 aromatic rings. The van der Waals surface area contributed by atoms with Crippen LogP contribution >= 0.6 is 12.4 Å². The van der Waals surface area contributed by atoms with E-state index in [9.17, 15) is 0 Å². The molecule has 0 aromatic carbocycles. The van der Waals surface area contributed by atoms with E-state index in [2.05, 4.69) is 0 Å². The molecule has 0 amide bonds. The summed E-state index contributed by atoms with van der Waals surface area (Å²) < 4.78 is 0. The molecule has 0 aliphatic rings. The fourth-order valence-electron chi connectivity index (χ4n) is 0. The SMILES string of the molecule is Cl.N#N.O=C(O)O.[NaH]. The summed E-state index contributed by atoms with van der Waals surface area (Å²) in [5.41, 5.74) is 0. The Labute approximate surface area is 73.8 Å². The first-order valence-corrected chi connectivity index (χ1v) is 0.851. The zero-order valence-electron chi connectivity index (χ0n) is 3.11. The molecule has 0 aliphatic heterocycles. The molecule has 0 saturated heterocycles. The minimum atomic E-state index is -1.83. The molecule has 0 aromatic heterocycles. The summed E-state index contributed by atoms with van der Waals surface area (Å²) in [5.74, 6) is 0. The molecular formula is CH4ClN2NaO3. The molecular weight excluding hydrogens is 146 g/mol. The Kier molecular flexibility index (Phi) is 86.2. The zero-order chi connectivity index (χ0) is 5.58. The Balaban J connectivity index is -0.0000000183. The summed E-state index contributed by atoms with van der Waals surface area (Å²) >= 11 is 0. The van der Waals surface area contributed by atoms with E-state index in [1.54, 1.807) is 0 Å². The van der Waals surface area contributed by atoms with Crippen molar-refractivity contribution in [2.24, 2.45) is 0 Å². The third-order valence-corrected chi connectivity index (χ3v) is 0. The first-order valence-electron chi connectivity index (χ1n) is 0.851. The summed E-state index contributed by atoms with van der Waals surface area (Å²) in [7, 11) is 0. The number of rotatable bonds is 0. The van der Waals surface area contributed by atoms with Gasteiger partial charge < -0.3 is 10.2 Å². The van der Waals surface area contributed by atoms with Crippen LogP contribution in [0, 0.1) is 10.8 Å². The van der Waals surface area contributed by atoms with E-state index in [0.29, 0.717) is 0 Å². The minimum absolute atomic E-state index is 0. The van der Waals surface area contributed by atoms with E-state index in [0.717, 1.165) is 0 Å². The molecule has 0 bridgehead atoms. The van der Waals surface area contributed by atoms with E-state index in [4.69, 9.17) is 25.8 Å². The molecule has 44 valence electrons. The van der Waals surface area contributed by atoms with Crippen molar-refractivity contribution in [1.29, 1.82) is 10.8 Å². The molecule has 0 rings (SSSR count). The first kappa shape index (κ1) is 24.5. The van der Waals surface area contributed by atoms with Crippen LogP contribution in [-0.2, 0) is 0 Å². The molecule has 0 unspecified atom stereocenters. The predicted molar refractivity (Wildman–Crippen MR) is 28.5 cm³/mol. The third-order valence-electron chi connectivity index (χ3n) is 0. The van der Waals surface area contributed by atoms with E-state index in [-0.39, 0.29) is 42.0 Å². The van der Waals surface area contributed by atoms with Gasteiger partial charge in [-0.15, -0.1) is 12.4 Å². The van der Waals surface area contributed by atoms with Crippen LogP contribution in [0.4, 0.5) is 4.79 Å². The van der Waals surface area contributed by atoms with Crippen LogP contribution in [0.1, 0.15) is 0 Å². The zero-order valence-corrected chi connectivity index (χ0v) is 3.92. The molecule has 0 atom stereocenters. The third kappa shape index (κ3) is 371000. The van der Waals surface area contributed by atoms with Crippen molar-refractivity contribution in [3.8, 4) is 0 Å². The van der Waals surface area contributed by atoms with Crippen LogP contribution in [0.2, 0.25) is 0 Å². The van der Waals surface area contributed by atoms with Crippen LogP contribution in [0.25, 0.3) is 0 Å². The number of carboxylic acid groups (broad SMARTS) is 2. The summed E-state index contributed by atoms with van der Waals surface area (Å²) in [6, 6.07) is 0. The standard InChI is InChI=1S/CH2O3.ClH.N2.Na.H/c2-1(3)4;;1-2;;/h(H2,2,3,4);1H;;;. The summed E-state index contributed by atoms with van der Waals surface area (Å²) in [4.78, 5) is 8.56. The Morgan fingerprint density at radius 2 is 1.25 bits per heavy atom. The molecule has 0 radical (unpaired) electrons. The van der Waals surface area contributed by atoms with Crippen molar-refractivity contribution in [3.63, 3.8) is 0 Å². The van der Waals surface area contributed by atoms with E-state index < -0.39 is 6.16 Å². The van der Waals surface area contributed by atoms with Gasteiger partial charge >= 0.3 is 35.7 Å². The number of halogens is 1. The van der Waals surface area contributed by atoms with Gasteiger partial charge in [0.05, 0.1) is 0 Å². The Morgan fingerprint density at radius 1 is 1.25 bits per heavy atom. The van der Waals surface area contributed by atoms with E-state index >= 15 is 0 Å². The maximum atomic E-state index is 8.56. The second kappa shape index (κ2) is 28.1. The van der Waals surface area contributed by atoms with Gasteiger partial charge in [0, 0.05) is 10.8 Å². The molecule has 5 nitrogen and oxygen atoms in total. The van der Waals surface area contributed by atoms with Crippen molar-refractivity contribution in [2.45, 2.75) is 0 Å². The number of hydrogen-bond acceptors (Lipinski definition) is 3. The van der Waals surface area contributed by atoms with Crippen molar-refractivity contribution in [2.75, 3.05) is 0 Å². The average Bonchev–Trinajstić information content (AvgIpc) is 1.41. The van der Waals surface area contributed by atoms with Crippen molar-refractivity contribution in [3.05, 3.63) is 0 Å². The van der Waals surface area contributed by atoms with E-state index in [1.807, 2.05) is 0 Å². The van der Waals surface area contributed by atoms with Gasteiger partial charge in [-0.3, -0.25) is 0 Å². The summed E-state index contributed by atoms with van der Waals surface area (Å²) in [6.07, 6.45) is -1.83. The molecule has 2 N–H and O–H groups in total. The molecule has 0 aliphatic carbocycles. The van der Waals surface area contributed by atoms with Crippen LogP contribution < -0.4 is 0 Å². The average molecular weight is 150 g/mol. The molecule has 8 heavy (non-hydrogen) atoms. The van der Waals surface area contributed by atoms with Gasteiger partial charge in [-0.05, 0) is 0 Å². The van der Waals surface area contributed by atoms with Crippen molar-refractivity contribution >= 4 is 48.1 Å². The van der Waals surface area contributed by atoms with Crippen LogP contribution in [-0.4, -0.2) is 45.9 Å². The summed E-state index contributed by atoms with van der Waals surface area (Å²) in [5, 5.41) is 25.9. The molecule has 0 spiro atoms. The number of hydrogen-bond donors (Lipinski definition) is 2. The molecule has 0 heterocycles. The molecule has 0 fully saturated rings. The topological polar surface area (TPSA) is 105 Å². The fourth-order valence-corrected chi connectivity index (χ4v) is 0. The van der Waals surface area contributed by atoms with Crippen LogP contribution in [0.5, 0.6) is 0 Å². The van der Waals surface area contributed by atoms with Gasteiger partial charge in [-0.25, -0.2) is 4.79 Å². The Hall–Kier alpha value is -0.0200. The second-order valence-electron chi connectivity index (χ2n) is 0.283. The van der Waals surface area contributed by atoms with Crippen molar-refractivity contribution in [1.82, 2.24) is 0 Å². The normalized spacial score (nSPS) is 3.25. The Morgan fingerprint density at radius 3 is 1.25 bits per heavy atom. The van der Waals surface area contributed by atoms with Gasteiger partial charge in [0.2, 0.25) is 0 Å². The quantitative estimate of drug-likeness (QED) is 0.374. The predicted octanol–water partition coefficient (Wildman–Crippen LogP) is 0.0259.